The molecule has 6 nitrogen and oxygen atoms in total. The molecule has 1 aliphatic rings. The molecule has 2 aromatic rings. The van der Waals surface area contributed by atoms with E-state index in [-0.39, 0.29) is 56.0 Å². The molecule has 0 atom stereocenters. The number of rotatable bonds is 4. The second-order valence-electron chi connectivity index (χ2n) is 7.73. The lowest BCUT2D eigenvalue weighted by molar-refractivity contribution is -0.137. The van der Waals surface area contributed by atoms with Gasteiger partial charge in [-0.05, 0) is 61.4 Å². The molecule has 0 spiro atoms. The van der Waals surface area contributed by atoms with E-state index >= 15 is 0 Å². The fraction of sp³-hybridized carbons (Fsp3) is 0.348. The molecule has 9 heteroatoms. The van der Waals surface area contributed by atoms with Gasteiger partial charge in [0.05, 0.1) is 12.1 Å². The van der Waals surface area contributed by atoms with Gasteiger partial charge in [0.1, 0.15) is 0 Å². The van der Waals surface area contributed by atoms with Gasteiger partial charge in [-0.15, -0.1) is 0 Å². The number of amides is 3. The first-order valence-electron chi connectivity index (χ1n) is 10.2. The van der Waals surface area contributed by atoms with Crippen LogP contribution in [0.4, 0.5) is 13.2 Å². The topological polar surface area (TPSA) is 69.7 Å². The quantitative estimate of drug-likeness (QED) is 0.784. The van der Waals surface area contributed by atoms with Crippen molar-refractivity contribution in [1.29, 1.82) is 0 Å². The highest BCUT2D eigenvalue weighted by Gasteiger charge is 2.31. The molecule has 0 saturated carbocycles. The van der Waals surface area contributed by atoms with Crippen molar-refractivity contribution < 1.29 is 27.6 Å². The molecular formula is C23H24F3N3O3. The molecule has 0 radical (unpaired) electrons. The molecule has 170 valence electrons. The fourth-order valence-corrected chi connectivity index (χ4v) is 3.40. The van der Waals surface area contributed by atoms with Gasteiger partial charge in [0.25, 0.3) is 11.8 Å². The minimum absolute atomic E-state index is 0.154. The molecular weight excluding hydrogens is 423 g/mol. The lowest BCUT2D eigenvalue weighted by Gasteiger charge is -2.35. The van der Waals surface area contributed by atoms with Crippen LogP contribution in [0.2, 0.25) is 0 Å². The molecule has 32 heavy (non-hydrogen) atoms. The summed E-state index contributed by atoms with van der Waals surface area (Å²) in [4.78, 5) is 40.3. The van der Waals surface area contributed by atoms with E-state index in [1.165, 1.54) is 4.90 Å². The van der Waals surface area contributed by atoms with Crippen molar-refractivity contribution in [2.24, 2.45) is 0 Å². The predicted molar refractivity (Wildman–Crippen MR) is 112 cm³/mol. The van der Waals surface area contributed by atoms with Crippen LogP contribution in [0, 0.1) is 13.8 Å². The smallest absolute Gasteiger partial charge is 0.343 e. The van der Waals surface area contributed by atoms with Gasteiger partial charge in [0, 0.05) is 37.3 Å². The zero-order chi connectivity index (χ0) is 23.5. The van der Waals surface area contributed by atoms with Crippen molar-refractivity contribution >= 4 is 17.7 Å². The molecule has 2 aromatic carbocycles. The van der Waals surface area contributed by atoms with Gasteiger partial charge in [-0.3, -0.25) is 14.4 Å². The molecule has 1 fully saturated rings. The van der Waals surface area contributed by atoms with Crippen LogP contribution in [0.25, 0.3) is 0 Å². The first kappa shape index (κ1) is 23.3. The maximum atomic E-state index is 12.7. The van der Waals surface area contributed by atoms with Crippen LogP contribution in [0.3, 0.4) is 0 Å². The van der Waals surface area contributed by atoms with Crippen LogP contribution < -0.4 is 5.32 Å². The van der Waals surface area contributed by atoms with Crippen molar-refractivity contribution in [3.8, 4) is 0 Å². The number of aryl methyl sites for hydroxylation is 2. The average molecular weight is 447 g/mol. The standard InChI is InChI=1S/C23H24F3N3O3/c1-15-3-4-18(13-16(15)2)21(31)27-14-20(30)28-9-11-29(12-10-28)22(32)17-5-7-19(8-6-17)23(24,25)26/h3-8,13H,9-12,14H2,1-2H3,(H,27,31). The van der Waals surface area contributed by atoms with E-state index in [4.69, 9.17) is 0 Å². The van der Waals surface area contributed by atoms with E-state index in [1.807, 2.05) is 19.9 Å². The van der Waals surface area contributed by atoms with Gasteiger partial charge in [-0.2, -0.15) is 13.2 Å². The lowest BCUT2D eigenvalue weighted by Crippen LogP contribution is -2.52. The number of halogens is 3. The van der Waals surface area contributed by atoms with Crippen LogP contribution in [0.15, 0.2) is 42.5 Å². The minimum atomic E-state index is -4.46. The lowest BCUT2D eigenvalue weighted by atomic mass is 10.1. The van der Waals surface area contributed by atoms with Crippen molar-refractivity contribution in [1.82, 2.24) is 15.1 Å². The molecule has 1 heterocycles. The van der Waals surface area contributed by atoms with Gasteiger partial charge in [-0.25, -0.2) is 0 Å². The van der Waals surface area contributed by atoms with Gasteiger partial charge in [0.2, 0.25) is 5.91 Å². The Hall–Kier alpha value is -3.36. The summed E-state index contributed by atoms with van der Waals surface area (Å²) in [5.74, 6) is -0.977. The third-order valence-corrected chi connectivity index (χ3v) is 5.55. The first-order valence-corrected chi connectivity index (χ1v) is 10.2. The normalized spacial score (nSPS) is 14.3. The predicted octanol–water partition coefficient (Wildman–Crippen LogP) is 3.04. The zero-order valence-corrected chi connectivity index (χ0v) is 17.8. The minimum Gasteiger partial charge on any atom is -0.343 e. The summed E-state index contributed by atoms with van der Waals surface area (Å²) >= 11 is 0. The Morgan fingerprint density at radius 1 is 0.844 bits per heavy atom. The maximum absolute atomic E-state index is 12.7. The van der Waals surface area contributed by atoms with Crippen LogP contribution >= 0.6 is 0 Å². The molecule has 1 N–H and O–H groups in total. The second-order valence-corrected chi connectivity index (χ2v) is 7.73. The van der Waals surface area contributed by atoms with Crippen molar-refractivity contribution in [2.45, 2.75) is 20.0 Å². The Balaban J connectivity index is 1.49. The van der Waals surface area contributed by atoms with E-state index in [0.717, 1.165) is 35.4 Å². The second kappa shape index (κ2) is 9.42. The number of nitrogens with zero attached hydrogens (tertiary/aromatic N) is 2. The van der Waals surface area contributed by atoms with Gasteiger partial charge < -0.3 is 15.1 Å². The number of hydrogen-bond donors (Lipinski definition) is 1. The maximum Gasteiger partial charge on any atom is 0.416 e. The number of piperazine rings is 1. The van der Waals surface area contributed by atoms with E-state index < -0.39 is 11.7 Å². The summed E-state index contributed by atoms with van der Waals surface area (Å²) in [7, 11) is 0. The molecule has 0 aliphatic carbocycles. The zero-order valence-electron chi connectivity index (χ0n) is 17.8. The Morgan fingerprint density at radius 2 is 1.41 bits per heavy atom. The molecule has 3 rings (SSSR count). The van der Waals surface area contributed by atoms with E-state index in [2.05, 4.69) is 5.32 Å². The third kappa shape index (κ3) is 5.46. The summed E-state index contributed by atoms with van der Waals surface area (Å²) in [5.41, 5.74) is 1.89. The number of carbonyl (C=O) groups is 3. The van der Waals surface area contributed by atoms with Crippen LogP contribution in [-0.4, -0.2) is 60.2 Å². The summed E-state index contributed by atoms with van der Waals surface area (Å²) in [5, 5.41) is 2.62. The van der Waals surface area contributed by atoms with Gasteiger partial charge >= 0.3 is 6.18 Å². The van der Waals surface area contributed by atoms with Crippen LogP contribution in [0.1, 0.15) is 37.4 Å². The molecule has 0 bridgehead atoms. The number of carbonyl (C=O) groups excluding carboxylic acids is 3. The van der Waals surface area contributed by atoms with E-state index in [9.17, 15) is 27.6 Å². The van der Waals surface area contributed by atoms with Crippen molar-refractivity contribution in [3.63, 3.8) is 0 Å². The molecule has 0 unspecified atom stereocenters. The van der Waals surface area contributed by atoms with Crippen LogP contribution in [0.5, 0.6) is 0 Å². The molecule has 1 aliphatic heterocycles. The van der Waals surface area contributed by atoms with E-state index in [0.29, 0.717) is 5.56 Å². The summed E-state index contributed by atoms with van der Waals surface area (Å²) in [6, 6.07) is 9.39. The summed E-state index contributed by atoms with van der Waals surface area (Å²) < 4.78 is 38.0. The molecule has 3 amide bonds. The largest absolute Gasteiger partial charge is 0.416 e. The number of nitrogens with one attached hydrogen (secondary N) is 1. The number of benzene rings is 2. The monoisotopic (exact) mass is 447 g/mol. The summed E-state index contributed by atoms with van der Waals surface area (Å²) in [6.45, 7) is 4.78. The first-order chi connectivity index (χ1) is 15.1. The van der Waals surface area contributed by atoms with Crippen molar-refractivity contribution in [3.05, 3.63) is 70.3 Å². The summed E-state index contributed by atoms with van der Waals surface area (Å²) in [6.07, 6.45) is -4.46. The molecule has 0 aromatic heterocycles. The number of hydrogen-bond acceptors (Lipinski definition) is 3. The van der Waals surface area contributed by atoms with Crippen molar-refractivity contribution in [2.75, 3.05) is 32.7 Å². The third-order valence-electron chi connectivity index (χ3n) is 5.55. The van der Waals surface area contributed by atoms with Gasteiger partial charge in [-0.1, -0.05) is 6.07 Å². The Morgan fingerprint density at radius 3 is 1.97 bits per heavy atom. The average Bonchev–Trinajstić information content (AvgIpc) is 2.78. The van der Waals surface area contributed by atoms with E-state index in [1.54, 1.807) is 17.0 Å². The van der Waals surface area contributed by atoms with Gasteiger partial charge in [0.15, 0.2) is 0 Å². The fourth-order valence-electron chi connectivity index (χ4n) is 3.40. The SMILES string of the molecule is Cc1ccc(C(=O)NCC(=O)N2CCN(C(=O)c3ccc(C(F)(F)F)cc3)CC2)cc1C. The Kier molecular flexibility index (Phi) is 6.86. The highest BCUT2D eigenvalue weighted by molar-refractivity contribution is 5.97. The molecule has 1 saturated heterocycles. The number of alkyl halides is 3. The highest BCUT2D eigenvalue weighted by atomic mass is 19.4. The Bertz CT molecular complexity index is 1010. The Labute approximate surface area is 184 Å². The van der Waals surface area contributed by atoms with Crippen LogP contribution in [-0.2, 0) is 11.0 Å². The highest BCUT2D eigenvalue weighted by Crippen LogP contribution is 2.29.